The van der Waals surface area contributed by atoms with E-state index in [0.29, 0.717) is 49.2 Å². The van der Waals surface area contributed by atoms with Gasteiger partial charge < -0.3 is 26.0 Å². The predicted octanol–water partition coefficient (Wildman–Crippen LogP) is 4.24. The Kier molecular flexibility index (Phi) is 13.9. The van der Waals surface area contributed by atoms with Crippen molar-refractivity contribution < 1.29 is 9.53 Å². The summed E-state index contributed by atoms with van der Waals surface area (Å²) < 4.78 is 5.24. The smallest absolute Gasteiger partial charge is 0.407 e. The van der Waals surface area contributed by atoms with Crippen LogP contribution in [-0.4, -0.2) is 85.0 Å². The van der Waals surface area contributed by atoms with E-state index in [4.69, 9.17) is 4.74 Å². The molecule has 2 heterocycles. The van der Waals surface area contributed by atoms with E-state index in [1.165, 1.54) is 11.8 Å². The van der Waals surface area contributed by atoms with Gasteiger partial charge in [-0.15, -0.1) is 0 Å². The highest BCUT2D eigenvalue weighted by molar-refractivity contribution is 7.99. The molecule has 2 rings (SSSR count). The van der Waals surface area contributed by atoms with Crippen molar-refractivity contribution in [3.63, 3.8) is 0 Å². The van der Waals surface area contributed by atoms with Crippen molar-refractivity contribution in [3.8, 4) is 0 Å². The van der Waals surface area contributed by atoms with Gasteiger partial charge in [-0.05, 0) is 44.5 Å². The van der Waals surface area contributed by atoms with Crippen LogP contribution in [0.3, 0.4) is 0 Å². The first-order valence-electron chi connectivity index (χ1n) is 12.3. The van der Waals surface area contributed by atoms with E-state index < -0.39 is 11.7 Å². The molecule has 0 fully saturated rings. The Bertz CT molecular complexity index is 954. The molecule has 0 aromatic carbocycles. The fraction of sp³-hybridized carbons (Fsp3) is 0.682. The highest BCUT2D eigenvalue weighted by Crippen LogP contribution is 2.20. The van der Waals surface area contributed by atoms with Crippen molar-refractivity contribution >= 4 is 59.2 Å². The lowest BCUT2D eigenvalue weighted by Gasteiger charge is -2.19. The quantitative estimate of drug-likeness (QED) is 0.168. The van der Waals surface area contributed by atoms with Crippen molar-refractivity contribution in [2.75, 3.05) is 59.4 Å². The monoisotopic (exact) mass is 570 g/mol. The predicted molar refractivity (Wildman–Crippen MR) is 153 cm³/mol. The van der Waals surface area contributed by atoms with Gasteiger partial charge in [0, 0.05) is 26.2 Å². The van der Waals surface area contributed by atoms with Crippen LogP contribution in [0.2, 0.25) is 0 Å². The summed E-state index contributed by atoms with van der Waals surface area (Å²) in [6, 6.07) is 0. The Labute approximate surface area is 231 Å². The molecule has 4 N–H and O–H groups in total. The van der Waals surface area contributed by atoms with E-state index >= 15 is 0 Å². The third-order valence-corrected chi connectivity index (χ3v) is 6.21. The van der Waals surface area contributed by atoms with Gasteiger partial charge in [0.1, 0.15) is 5.60 Å². The standard InChI is InChI=1S/C22H38N10O2S3/c1-7-35-18-28-15(27-16(29-18)25-13-14-26-21(33)34-22(4,5)6)23-11-10-12-24-17-30-19(36-8-2)32-20(31-17)37-9-3/h7-14H2,1-6H3,(H,26,33)(H,24,30,31,32)(H2,23,25,27,28,29). The first-order chi connectivity index (χ1) is 17.7. The number of rotatable bonds is 16. The van der Waals surface area contributed by atoms with E-state index in [-0.39, 0.29) is 0 Å². The van der Waals surface area contributed by atoms with Crippen LogP contribution < -0.4 is 21.3 Å². The van der Waals surface area contributed by atoms with Gasteiger partial charge in [0.15, 0.2) is 15.5 Å². The zero-order valence-electron chi connectivity index (χ0n) is 22.4. The third-order valence-electron chi connectivity index (χ3n) is 4.03. The van der Waals surface area contributed by atoms with Crippen LogP contribution in [-0.2, 0) is 4.74 Å². The molecular weight excluding hydrogens is 533 g/mol. The van der Waals surface area contributed by atoms with Gasteiger partial charge in [-0.1, -0.05) is 56.1 Å². The molecule has 0 atom stereocenters. The second-order valence-corrected chi connectivity index (χ2v) is 12.0. The molecular formula is C22H38N10O2S3. The van der Waals surface area contributed by atoms with Gasteiger partial charge in [-0.25, -0.2) is 4.79 Å². The van der Waals surface area contributed by atoms with Gasteiger partial charge in [0.25, 0.3) is 0 Å². The lowest BCUT2D eigenvalue weighted by Crippen LogP contribution is -2.35. The van der Waals surface area contributed by atoms with Crippen LogP contribution in [0.15, 0.2) is 15.5 Å². The summed E-state index contributed by atoms with van der Waals surface area (Å²) in [5.41, 5.74) is -0.534. The van der Waals surface area contributed by atoms with E-state index in [1.54, 1.807) is 23.5 Å². The van der Waals surface area contributed by atoms with Crippen LogP contribution in [0.25, 0.3) is 0 Å². The number of amides is 1. The summed E-state index contributed by atoms with van der Waals surface area (Å²) in [6.07, 6.45) is 0.351. The summed E-state index contributed by atoms with van der Waals surface area (Å²) in [4.78, 5) is 38.6. The van der Waals surface area contributed by atoms with Crippen LogP contribution in [0, 0.1) is 0 Å². The van der Waals surface area contributed by atoms with E-state index in [1.807, 2.05) is 27.7 Å². The van der Waals surface area contributed by atoms with Crippen LogP contribution in [0.4, 0.5) is 22.6 Å². The number of nitrogens with zero attached hydrogens (tertiary/aromatic N) is 6. The molecule has 0 saturated heterocycles. The number of carbonyl (C=O) groups excluding carboxylic acids is 1. The van der Waals surface area contributed by atoms with E-state index in [0.717, 1.165) is 34.0 Å². The molecule has 1 amide bonds. The number of carbonyl (C=O) groups is 1. The Balaban J connectivity index is 1.83. The summed E-state index contributed by atoms with van der Waals surface area (Å²) in [6.45, 7) is 13.8. The number of ether oxygens (including phenoxy) is 1. The fourth-order valence-electron chi connectivity index (χ4n) is 2.65. The Morgan fingerprint density at radius 1 is 0.676 bits per heavy atom. The average Bonchev–Trinajstić information content (AvgIpc) is 2.81. The maximum absolute atomic E-state index is 11.8. The second-order valence-electron chi connectivity index (χ2n) is 8.35. The van der Waals surface area contributed by atoms with E-state index in [2.05, 4.69) is 65.0 Å². The number of hydrogen-bond donors (Lipinski definition) is 4. The Hall–Kier alpha value is -2.26. The van der Waals surface area contributed by atoms with Crippen LogP contribution in [0.5, 0.6) is 0 Å². The first kappa shape index (κ1) is 31.0. The minimum atomic E-state index is -0.534. The number of alkyl carbamates (subject to hydrolysis) is 1. The summed E-state index contributed by atoms with van der Waals surface area (Å²) >= 11 is 4.74. The molecule has 0 aliphatic heterocycles. The van der Waals surface area contributed by atoms with Crippen molar-refractivity contribution in [1.29, 1.82) is 0 Å². The molecule has 0 aliphatic carbocycles. The maximum Gasteiger partial charge on any atom is 0.407 e. The highest BCUT2D eigenvalue weighted by Gasteiger charge is 2.15. The molecule has 0 spiro atoms. The van der Waals surface area contributed by atoms with E-state index in [9.17, 15) is 4.79 Å². The molecule has 0 bridgehead atoms. The first-order valence-corrected chi connectivity index (χ1v) is 15.3. The number of nitrogens with one attached hydrogen (secondary N) is 4. The van der Waals surface area contributed by atoms with Crippen molar-refractivity contribution in [3.05, 3.63) is 0 Å². The number of anilines is 3. The van der Waals surface area contributed by atoms with Gasteiger partial charge in [-0.3, -0.25) is 0 Å². The zero-order chi connectivity index (χ0) is 27.1. The van der Waals surface area contributed by atoms with Gasteiger partial charge in [-0.2, -0.15) is 29.9 Å². The highest BCUT2D eigenvalue weighted by atomic mass is 32.2. The SMILES string of the molecule is CCSc1nc(NCCCNc2nc(SCC)nc(SCC)n2)nc(NCCNC(=O)OC(C)(C)C)n1. The molecule has 2 aromatic rings. The fourth-order valence-corrected chi connectivity index (χ4v) is 4.39. The van der Waals surface area contributed by atoms with Gasteiger partial charge >= 0.3 is 6.09 Å². The van der Waals surface area contributed by atoms with Crippen LogP contribution in [0.1, 0.15) is 48.0 Å². The average molecular weight is 571 g/mol. The number of thioether (sulfide) groups is 3. The maximum atomic E-state index is 11.8. The summed E-state index contributed by atoms with van der Waals surface area (Å²) in [5, 5.41) is 14.5. The molecule has 37 heavy (non-hydrogen) atoms. The lowest BCUT2D eigenvalue weighted by molar-refractivity contribution is 0.0530. The topological polar surface area (TPSA) is 152 Å². The van der Waals surface area contributed by atoms with Crippen molar-refractivity contribution in [2.45, 2.75) is 69.0 Å². The normalized spacial score (nSPS) is 11.2. The number of aromatic nitrogens is 6. The van der Waals surface area contributed by atoms with Crippen molar-refractivity contribution in [1.82, 2.24) is 35.2 Å². The van der Waals surface area contributed by atoms with Gasteiger partial charge in [0.05, 0.1) is 0 Å². The Morgan fingerprint density at radius 3 is 1.57 bits per heavy atom. The largest absolute Gasteiger partial charge is 0.444 e. The second kappa shape index (κ2) is 16.6. The molecule has 15 heteroatoms. The molecule has 0 saturated carbocycles. The number of hydrogen-bond acceptors (Lipinski definition) is 14. The minimum absolute atomic E-state index is 0.374. The molecule has 2 aromatic heterocycles. The molecule has 0 unspecified atom stereocenters. The Morgan fingerprint density at radius 2 is 1.11 bits per heavy atom. The summed E-state index contributed by atoms with van der Waals surface area (Å²) in [7, 11) is 0. The minimum Gasteiger partial charge on any atom is -0.444 e. The lowest BCUT2D eigenvalue weighted by atomic mass is 10.2. The van der Waals surface area contributed by atoms with Crippen LogP contribution >= 0.6 is 35.3 Å². The van der Waals surface area contributed by atoms with Gasteiger partial charge in [0.2, 0.25) is 17.8 Å². The molecule has 12 nitrogen and oxygen atoms in total. The van der Waals surface area contributed by atoms with Crippen molar-refractivity contribution in [2.24, 2.45) is 0 Å². The zero-order valence-corrected chi connectivity index (χ0v) is 24.8. The third kappa shape index (κ3) is 13.2. The summed E-state index contributed by atoms with van der Waals surface area (Å²) in [5.74, 6) is 4.20. The molecule has 0 radical (unpaired) electrons. The molecule has 206 valence electrons. The molecule has 0 aliphatic rings.